The highest BCUT2D eigenvalue weighted by Gasteiger charge is 2.36. The third-order valence-corrected chi connectivity index (χ3v) is 2.46. The first kappa shape index (κ1) is 19.0. The Bertz CT molecular complexity index is 441. The Morgan fingerprint density at radius 2 is 1.60 bits per heavy atom. The molecule has 9 heteroatoms. The van der Waals surface area contributed by atoms with Crippen molar-refractivity contribution in [1.82, 2.24) is 0 Å². The van der Waals surface area contributed by atoms with Gasteiger partial charge in [0.05, 0.1) is 5.56 Å². The van der Waals surface area contributed by atoms with Crippen LogP contribution in [0.15, 0.2) is 18.2 Å². The lowest BCUT2D eigenvalue weighted by molar-refractivity contribution is -0.139. The fourth-order valence-corrected chi connectivity index (χ4v) is 1.57. The molecule has 0 radical (unpaired) electrons. The molecule has 116 valence electrons. The molecule has 2 N–H and O–H groups in total. The van der Waals surface area contributed by atoms with Crippen molar-refractivity contribution in [2.24, 2.45) is 5.73 Å². The molecule has 1 atom stereocenters. The van der Waals surface area contributed by atoms with Crippen LogP contribution in [-0.4, -0.2) is 6.18 Å². The maximum Gasteiger partial charge on any atom is 0.416 e. The average Bonchev–Trinajstić information content (AvgIpc) is 2.23. The lowest BCUT2D eigenvalue weighted by Crippen LogP contribution is -2.20. The van der Waals surface area contributed by atoms with Crippen molar-refractivity contribution in [2.75, 3.05) is 0 Å². The quantitative estimate of drug-likeness (QED) is 0.807. The van der Waals surface area contributed by atoms with Gasteiger partial charge < -0.3 is 5.73 Å². The SMILES string of the molecule is Cl.N[C@@H](CCC(F)(F)F)c1ccc(F)cc1C(F)(F)F. The number of nitrogens with two attached hydrogens (primary N) is 1. The predicted molar refractivity (Wildman–Crippen MR) is 60.9 cm³/mol. The smallest absolute Gasteiger partial charge is 0.324 e. The van der Waals surface area contributed by atoms with Crippen LogP contribution in [0.3, 0.4) is 0 Å². The van der Waals surface area contributed by atoms with Crippen LogP contribution in [0.1, 0.15) is 30.0 Å². The summed E-state index contributed by atoms with van der Waals surface area (Å²) in [6, 6.07) is 0.263. The molecule has 0 aliphatic heterocycles. The van der Waals surface area contributed by atoms with E-state index >= 15 is 0 Å². The van der Waals surface area contributed by atoms with Crippen molar-refractivity contribution in [1.29, 1.82) is 0 Å². The molecule has 0 spiro atoms. The molecule has 1 rings (SSSR count). The third kappa shape index (κ3) is 5.54. The van der Waals surface area contributed by atoms with Crippen molar-refractivity contribution in [3.05, 3.63) is 35.1 Å². The predicted octanol–water partition coefficient (Wildman–Crippen LogP) is 4.61. The molecule has 1 aromatic carbocycles. The van der Waals surface area contributed by atoms with E-state index in [0.717, 1.165) is 12.1 Å². The first-order valence-corrected chi connectivity index (χ1v) is 5.19. The second kappa shape index (κ2) is 6.62. The third-order valence-electron chi connectivity index (χ3n) is 2.46. The van der Waals surface area contributed by atoms with Gasteiger partial charge in [-0.1, -0.05) is 6.07 Å². The standard InChI is InChI=1S/C11H10F7N.ClH/c12-6-1-2-7(8(5-6)11(16,17)18)9(19)3-4-10(13,14)15;/h1-2,5,9H,3-4,19H2;1H/t9-;/m0./s1. The van der Waals surface area contributed by atoms with Gasteiger partial charge in [0.25, 0.3) is 0 Å². The fraction of sp³-hybridized carbons (Fsp3) is 0.455. The lowest BCUT2D eigenvalue weighted by Gasteiger charge is -2.19. The van der Waals surface area contributed by atoms with Crippen molar-refractivity contribution >= 4 is 12.4 Å². The molecule has 1 nitrogen and oxygen atoms in total. The highest BCUT2D eigenvalue weighted by molar-refractivity contribution is 5.85. The number of halogens is 8. The van der Waals surface area contributed by atoms with Crippen LogP contribution in [0.4, 0.5) is 30.7 Å². The van der Waals surface area contributed by atoms with Gasteiger partial charge in [0.2, 0.25) is 0 Å². The molecule has 0 saturated carbocycles. The lowest BCUT2D eigenvalue weighted by atomic mass is 9.97. The zero-order chi connectivity index (χ0) is 14.8. The van der Waals surface area contributed by atoms with Crippen LogP contribution in [0.5, 0.6) is 0 Å². The van der Waals surface area contributed by atoms with Crippen LogP contribution in [0.25, 0.3) is 0 Å². The van der Waals surface area contributed by atoms with Gasteiger partial charge >= 0.3 is 12.4 Å². The minimum atomic E-state index is -4.87. The number of hydrogen-bond donors (Lipinski definition) is 1. The number of alkyl halides is 6. The van der Waals surface area contributed by atoms with Crippen LogP contribution in [0, 0.1) is 5.82 Å². The fourth-order valence-electron chi connectivity index (χ4n) is 1.57. The number of hydrogen-bond acceptors (Lipinski definition) is 1. The minimum Gasteiger partial charge on any atom is -0.324 e. The molecule has 0 heterocycles. The van der Waals surface area contributed by atoms with Gasteiger partial charge in [-0.15, -0.1) is 12.4 Å². The first-order valence-electron chi connectivity index (χ1n) is 5.19. The Morgan fingerprint density at radius 1 is 1.05 bits per heavy atom. The Balaban J connectivity index is 0.00000361. The van der Waals surface area contributed by atoms with Gasteiger partial charge in [-0.05, 0) is 24.1 Å². The van der Waals surface area contributed by atoms with Gasteiger partial charge in [-0.2, -0.15) is 26.3 Å². The Labute approximate surface area is 116 Å². The topological polar surface area (TPSA) is 26.0 Å². The summed E-state index contributed by atoms with van der Waals surface area (Å²) in [5.74, 6) is -1.13. The normalized spacial score (nSPS) is 13.8. The Kier molecular flexibility index (Phi) is 6.28. The van der Waals surface area contributed by atoms with Crippen molar-refractivity contribution in [3.63, 3.8) is 0 Å². The summed E-state index contributed by atoms with van der Waals surface area (Å²) in [6.45, 7) is 0. The summed E-state index contributed by atoms with van der Waals surface area (Å²) < 4.78 is 86.6. The van der Waals surface area contributed by atoms with Gasteiger partial charge in [0.15, 0.2) is 0 Å². The highest BCUT2D eigenvalue weighted by Crippen LogP contribution is 2.36. The molecular weight excluding hydrogens is 315 g/mol. The monoisotopic (exact) mass is 325 g/mol. The van der Waals surface area contributed by atoms with E-state index in [0.29, 0.717) is 0 Å². The van der Waals surface area contributed by atoms with Crippen molar-refractivity contribution in [2.45, 2.75) is 31.2 Å². The zero-order valence-corrected chi connectivity index (χ0v) is 10.7. The maximum absolute atomic E-state index is 12.8. The molecule has 0 unspecified atom stereocenters. The molecule has 0 bridgehead atoms. The zero-order valence-electron chi connectivity index (χ0n) is 9.85. The average molecular weight is 326 g/mol. The van der Waals surface area contributed by atoms with Gasteiger partial charge in [0, 0.05) is 12.5 Å². The summed E-state index contributed by atoms with van der Waals surface area (Å²) in [5, 5.41) is 0. The summed E-state index contributed by atoms with van der Waals surface area (Å²) in [5.41, 5.74) is 3.44. The first-order chi connectivity index (χ1) is 8.50. The molecule has 0 aliphatic carbocycles. The largest absolute Gasteiger partial charge is 0.416 e. The van der Waals surface area contributed by atoms with E-state index in [9.17, 15) is 30.7 Å². The van der Waals surface area contributed by atoms with Crippen molar-refractivity contribution < 1.29 is 30.7 Å². The summed E-state index contributed by atoms with van der Waals surface area (Å²) in [4.78, 5) is 0. The van der Waals surface area contributed by atoms with E-state index in [4.69, 9.17) is 5.73 Å². The number of rotatable bonds is 3. The second-order valence-electron chi connectivity index (χ2n) is 3.99. The van der Waals surface area contributed by atoms with Crippen LogP contribution in [-0.2, 0) is 6.18 Å². The molecule has 0 aliphatic rings. The van der Waals surface area contributed by atoms with Crippen LogP contribution >= 0.6 is 12.4 Å². The molecule has 0 aromatic heterocycles. The summed E-state index contributed by atoms with van der Waals surface area (Å²) in [6.07, 6.45) is -11.4. The number of benzene rings is 1. The van der Waals surface area contributed by atoms with E-state index in [1.165, 1.54) is 0 Å². The van der Waals surface area contributed by atoms with Crippen LogP contribution < -0.4 is 5.73 Å². The van der Waals surface area contributed by atoms with E-state index in [2.05, 4.69) is 0 Å². The molecule has 0 fully saturated rings. The molecular formula is C11H11ClF7N. The molecule has 0 saturated heterocycles. The van der Waals surface area contributed by atoms with E-state index in [1.807, 2.05) is 0 Å². The molecule has 0 amide bonds. The van der Waals surface area contributed by atoms with Crippen molar-refractivity contribution in [3.8, 4) is 0 Å². The Hall–Kier alpha value is -1.02. The van der Waals surface area contributed by atoms with Gasteiger partial charge in [-0.25, -0.2) is 4.39 Å². The second-order valence-corrected chi connectivity index (χ2v) is 3.99. The highest BCUT2D eigenvalue weighted by atomic mass is 35.5. The van der Waals surface area contributed by atoms with E-state index < -0.39 is 48.2 Å². The summed E-state index contributed by atoms with van der Waals surface area (Å²) in [7, 11) is 0. The van der Waals surface area contributed by atoms with Gasteiger partial charge in [0.1, 0.15) is 5.82 Å². The van der Waals surface area contributed by atoms with E-state index in [1.54, 1.807) is 0 Å². The summed E-state index contributed by atoms with van der Waals surface area (Å²) >= 11 is 0. The maximum atomic E-state index is 12.8. The molecule has 1 aromatic rings. The van der Waals surface area contributed by atoms with E-state index in [-0.39, 0.29) is 18.5 Å². The van der Waals surface area contributed by atoms with Crippen LogP contribution in [0.2, 0.25) is 0 Å². The van der Waals surface area contributed by atoms with Gasteiger partial charge in [-0.3, -0.25) is 0 Å². The molecule has 20 heavy (non-hydrogen) atoms. The Morgan fingerprint density at radius 3 is 2.05 bits per heavy atom. The minimum absolute atomic E-state index is 0.